The first-order chi connectivity index (χ1) is 8.31. The van der Waals surface area contributed by atoms with Gasteiger partial charge in [0.1, 0.15) is 0 Å². The number of hydrogen-bond acceptors (Lipinski definition) is 3. The predicted molar refractivity (Wildman–Crippen MR) is 68.8 cm³/mol. The van der Waals surface area contributed by atoms with Crippen LogP contribution in [-0.4, -0.2) is 14.5 Å². The van der Waals surface area contributed by atoms with Crippen molar-refractivity contribution in [2.75, 3.05) is 5.32 Å². The summed E-state index contributed by atoms with van der Waals surface area (Å²) in [5, 5.41) is 3.35. The minimum Gasteiger partial charge on any atom is -0.352 e. The van der Waals surface area contributed by atoms with Crippen LogP contribution < -0.4 is 5.32 Å². The molecule has 0 radical (unpaired) electrons. The van der Waals surface area contributed by atoms with Gasteiger partial charge in [-0.25, -0.2) is 4.98 Å². The molecule has 2 rings (SSSR count). The van der Waals surface area contributed by atoms with Crippen LogP contribution in [-0.2, 0) is 13.1 Å². The first-order valence-corrected chi connectivity index (χ1v) is 5.95. The maximum Gasteiger partial charge on any atom is 0.203 e. The molecule has 0 aliphatic heterocycles. The average Bonchev–Trinajstić information content (AvgIpc) is 2.76. The normalized spacial score (nSPS) is 10.5. The van der Waals surface area contributed by atoms with Crippen molar-refractivity contribution in [1.29, 1.82) is 0 Å². The second-order valence-corrected chi connectivity index (χ2v) is 4.10. The third-order valence-corrected chi connectivity index (χ3v) is 2.76. The van der Waals surface area contributed by atoms with Crippen LogP contribution in [0, 0.1) is 6.92 Å². The van der Waals surface area contributed by atoms with Crippen molar-refractivity contribution in [2.45, 2.75) is 33.4 Å². The van der Waals surface area contributed by atoms with Crippen LogP contribution in [0.1, 0.15) is 24.5 Å². The number of imidazole rings is 1. The zero-order valence-electron chi connectivity index (χ0n) is 10.3. The van der Waals surface area contributed by atoms with Crippen molar-refractivity contribution >= 4 is 5.95 Å². The van der Waals surface area contributed by atoms with E-state index >= 15 is 0 Å². The predicted octanol–water partition coefficient (Wildman–Crippen LogP) is 2.61. The topological polar surface area (TPSA) is 42.7 Å². The summed E-state index contributed by atoms with van der Waals surface area (Å²) in [5.74, 6) is 0.926. The summed E-state index contributed by atoms with van der Waals surface area (Å²) in [6, 6.07) is 2.02. The Kier molecular flexibility index (Phi) is 3.75. The first-order valence-electron chi connectivity index (χ1n) is 5.95. The Morgan fingerprint density at radius 3 is 3.00 bits per heavy atom. The second-order valence-electron chi connectivity index (χ2n) is 4.10. The van der Waals surface area contributed by atoms with Gasteiger partial charge in [0, 0.05) is 37.9 Å². The van der Waals surface area contributed by atoms with E-state index in [-0.39, 0.29) is 0 Å². The van der Waals surface area contributed by atoms with Gasteiger partial charge in [-0.1, -0.05) is 6.92 Å². The molecule has 17 heavy (non-hydrogen) atoms. The van der Waals surface area contributed by atoms with Crippen LogP contribution in [0.2, 0.25) is 0 Å². The minimum absolute atomic E-state index is 0.764. The lowest BCUT2D eigenvalue weighted by Crippen LogP contribution is -2.08. The number of anilines is 1. The molecular formula is C13H18N4. The van der Waals surface area contributed by atoms with E-state index in [1.165, 1.54) is 11.1 Å². The third kappa shape index (κ3) is 2.84. The standard InChI is InChI=1S/C13H18N4/c1-3-7-17-8-6-15-13(17)16-10-12-9-14-5-4-11(12)2/h4-6,8-9H,3,7,10H2,1-2H3,(H,15,16). The summed E-state index contributed by atoms with van der Waals surface area (Å²) in [7, 11) is 0. The molecule has 0 spiro atoms. The van der Waals surface area contributed by atoms with Crippen molar-refractivity contribution in [3.8, 4) is 0 Å². The molecule has 1 N–H and O–H groups in total. The molecule has 0 bridgehead atoms. The Bertz CT molecular complexity index is 476. The molecule has 2 aromatic heterocycles. The highest BCUT2D eigenvalue weighted by atomic mass is 15.2. The fraction of sp³-hybridized carbons (Fsp3) is 0.385. The Morgan fingerprint density at radius 1 is 1.35 bits per heavy atom. The summed E-state index contributed by atoms with van der Waals surface area (Å²) in [4.78, 5) is 8.45. The highest BCUT2D eigenvalue weighted by molar-refractivity contribution is 5.30. The molecule has 0 aliphatic rings. The molecule has 0 unspecified atom stereocenters. The number of aryl methyl sites for hydroxylation is 2. The molecule has 0 fully saturated rings. The fourth-order valence-corrected chi connectivity index (χ4v) is 1.75. The Labute approximate surface area is 102 Å². The van der Waals surface area contributed by atoms with E-state index < -0.39 is 0 Å². The van der Waals surface area contributed by atoms with Crippen LogP contribution in [0.3, 0.4) is 0 Å². The Hall–Kier alpha value is -1.84. The summed E-state index contributed by atoms with van der Waals surface area (Å²) in [6.07, 6.45) is 8.65. The zero-order valence-corrected chi connectivity index (χ0v) is 10.3. The smallest absolute Gasteiger partial charge is 0.203 e. The molecule has 0 saturated carbocycles. The fourth-order valence-electron chi connectivity index (χ4n) is 1.75. The molecule has 2 heterocycles. The number of pyridine rings is 1. The molecule has 0 amide bonds. The van der Waals surface area contributed by atoms with E-state index in [9.17, 15) is 0 Å². The largest absolute Gasteiger partial charge is 0.352 e. The van der Waals surface area contributed by atoms with Crippen LogP contribution in [0.25, 0.3) is 0 Å². The van der Waals surface area contributed by atoms with E-state index in [2.05, 4.69) is 33.7 Å². The molecule has 4 heteroatoms. The van der Waals surface area contributed by atoms with Gasteiger partial charge in [0.2, 0.25) is 5.95 Å². The molecule has 0 atom stereocenters. The van der Waals surface area contributed by atoms with Gasteiger partial charge in [-0.15, -0.1) is 0 Å². The van der Waals surface area contributed by atoms with E-state index in [0.717, 1.165) is 25.5 Å². The van der Waals surface area contributed by atoms with Crippen LogP contribution >= 0.6 is 0 Å². The van der Waals surface area contributed by atoms with E-state index in [1.807, 2.05) is 30.9 Å². The number of nitrogens with one attached hydrogen (secondary N) is 1. The van der Waals surface area contributed by atoms with Crippen LogP contribution in [0.5, 0.6) is 0 Å². The molecule has 90 valence electrons. The molecule has 4 nitrogen and oxygen atoms in total. The maximum absolute atomic E-state index is 4.31. The number of aromatic nitrogens is 3. The zero-order chi connectivity index (χ0) is 12.1. The Balaban J connectivity index is 2.02. The molecule has 0 aliphatic carbocycles. The second kappa shape index (κ2) is 5.48. The monoisotopic (exact) mass is 230 g/mol. The summed E-state index contributed by atoms with van der Waals surface area (Å²) < 4.78 is 2.13. The molecule has 0 saturated heterocycles. The molecular weight excluding hydrogens is 212 g/mol. The van der Waals surface area contributed by atoms with Gasteiger partial charge in [-0.05, 0) is 30.5 Å². The number of nitrogens with zero attached hydrogens (tertiary/aromatic N) is 3. The van der Waals surface area contributed by atoms with E-state index in [4.69, 9.17) is 0 Å². The van der Waals surface area contributed by atoms with Gasteiger partial charge >= 0.3 is 0 Å². The van der Waals surface area contributed by atoms with E-state index in [0.29, 0.717) is 0 Å². The number of rotatable bonds is 5. The minimum atomic E-state index is 0.764. The van der Waals surface area contributed by atoms with Crippen LogP contribution in [0.4, 0.5) is 5.95 Å². The maximum atomic E-state index is 4.31. The number of hydrogen-bond donors (Lipinski definition) is 1. The molecule has 2 aromatic rings. The quantitative estimate of drug-likeness (QED) is 0.858. The average molecular weight is 230 g/mol. The summed E-state index contributed by atoms with van der Waals surface area (Å²) in [5.41, 5.74) is 2.46. The van der Waals surface area contributed by atoms with Crippen molar-refractivity contribution in [1.82, 2.24) is 14.5 Å². The highest BCUT2D eigenvalue weighted by Gasteiger charge is 2.02. The van der Waals surface area contributed by atoms with Gasteiger partial charge in [0.05, 0.1) is 0 Å². The van der Waals surface area contributed by atoms with Gasteiger partial charge in [0.25, 0.3) is 0 Å². The Morgan fingerprint density at radius 2 is 2.24 bits per heavy atom. The van der Waals surface area contributed by atoms with E-state index in [1.54, 1.807) is 0 Å². The van der Waals surface area contributed by atoms with Gasteiger partial charge in [-0.2, -0.15) is 0 Å². The van der Waals surface area contributed by atoms with Gasteiger partial charge in [0.15, 0.2) is 0 Å². The van der Waals surface area contributed by atoms with Crippen molar-refractivity contribution in [2.24, 2.45) is 0 Å². The lowest BCUT2D eigenvalue weighted by molar-refractivity contribution is 0.682. The van der Waals surface area contributed by atoms with Gasteiger partial charge < -0.3 is 9.88 Å². The SMILES string of the molecule is CCCn1ccnc1NCc1cnccc1C. The van der Waals surface area contributed by atoms with Crippen molar-refractivity contribution < 1.29 is 0 Å². The third-order valence-electron chi connectivity index (χ3n) is 2.76. The highest BCUT2D eigenvalue weighted by Crippen LogP contribution is 2.10. The van der Waals surface area contributed by atoms with Crippen molar-refractivity contribution in [3.63, 3.8) is 0 Å². The summed E-state index contributed by atoms with van der Waals surface area (Å²) in [6.45, 7) is 6.01. The van der Waals surface area contributed by atoms with Crippen molar-refractivity contribution in [3.05, 3.63) is 42.0 Å². The summed E-state index contributed by atoms with van der Waals surface area (Å²) >= 11 is 0. The van der Waals surface area contributed by atoms with Gasteiger partial charge in [-0.3, -0.25) is 4.98 Å². The molecule has 0 aromatic carbocycles. The lowest BCUT2D eigenvalue weighted by atomic mass is 10.2. The lowest BCUT2D eigenvalue weighted by Gasteiger charge is -2.10. The first kappa shape index (κ1) is 11.6. The van der Waals surface area contributed by atoms with Crippen LogP contribution in [0.15, 0.2) is 30.9 Å².